The van der Waals surface area contributed by atoms with Crippen molar-refractivity contribution in [3.63, 3.8) is 0 Å². The van der Waals surface area contributed by atoms with Crippen molar-refractivity contribution in [2.24, 2.45) is 5.73 Å². The Balaban J connectivity index is 2.10. The molecule has 94 valence electrons. The van der Waals surface area contributed by atoms with Crippen LogP contribution >= 0.6 is 11.8 Å². The number of benzene rings is 2. The van der Waals surface area contributed by atoms with Crippen molar-refractivity contribution in [3.8, 4) is 0 Å². The van der Waals surface area contributed by atoms with Gasteiger partial charge >= 0.3 is 0 Å². The zero-order valence-electron chi connectivity index (χ0n) is 10.7. The first kappa shape index (κ1) is 13.2. The van der Waals surface area contributed by atoms with E-state index >= 15 is 0 Å². The molecule has 0 radical (unpaired) electrons. The molecule has 0 spiro atoms. The summed E-state index contributed by atoms with van der Waals surface area (Å²) in [4.78, 5) is 1.30. The van der Waals surface area contributed by atoms with Crippen molar-refractivity contribution in [2.75, 3.05) is 0 Å². The van der Waals surface area contributed by atoms with Gasteiger partial charge in [0.15, 0.2) is 0 Å². The maximum atomic E-state index is 6.15. The van der Waals surface area contributed by atoms with Gasteiger partial charge in [0.1, 0.15) is 0 Å². The molecule has 0 amide bonds. The fourth-order valence-corrected chi connectivity index (χ4v) is 2.95. The van der Waals surface area contributed by atoms with E-state index in [0.29, 0.717) is 0 Å². The average molecular weight is 257 g/mol. The van der Waals surface area contributed by atoms with Crippen molar-refractivity contribution in [1.82, 2.24) is 0 Å². The molecule has 0 saturated carbocycles. The van der Waals surface area contributed by atoms with E-state index in [9.17, 15) is 0 Å². The van der Waals surface area contributed by atoms with E-state index in [2.05, 4.69) is 61.5 Å². The Hall–Kier alpha value is -1.25. The average Bonchev–Trinajstić information content (AvgIpc) is 2.45. The van der Waals surface area contributed by atoms with E-state index in [-0.39, 0.29) is 6.04 Å². The third-order valence-electron chi connectivity index (χ3n) is 3.00. The molecule has 0 bridgehead atoms. The van der Waals surface area contributed by atoms with Crippen molar-refractivity contribution < 1.29 is 0 Å². The molecule has 0 saturated heterocycles. The van der Waals surface area contributed by atoms with E-state index in [1.54, 1.807) is 0 Å². The predicted octanol–water partition coefficient (Wildman–Crippen LogP) is 4.39. The molecule has 1 atom stereocenters. The highest BCUT2D eigenvalue weighted by Gasteiger charge is 2.08. The van der Waals surface area contributed by atoms with Crippen LogP contribution in [0.5, 0.6) is 0 Å². The van der Waals surface area contributed by atoms with Crippen molar-refractivity contribution in [3.05, 3.63) is 65.7 Å². The van der Waals surface area contributed by atoms with Gasteiger partial charge in [-0.1, -0.05) is 55.5 Å². The fourth-order valence-electron chi connectivity index (χ4n) is 1.87. The Bertz CT molecular complexity index is 481. The largest absolute Gasteiger partial charge is 0.324 e. The summed E-state index contributed by atoms with van der Waals surface area (Å²) in [6, 6.07) is 19.1. The van der Waals surface area contributed by atoms with Crippen LogP contribution in [0.25, 0.3) is 0 Å². The van der Waals surface area contributed by atoms with E-state index in [1.165, 1.54) is 16.0 Å². The van der Waals surface area contributed by atoms with Crippen molar-refractivity contribution in [1.29, 1.82) is 0 Å². The van der Waals surface area contributed by atoms with Gasteiger partial charge in [0.05, 0.1) is 0 Å². The minimum absolute atomic E-state index is 0.143. The van der Waals surface area contributed by atoms with E-state index in [1.807, 2.05) is 11.8 Å². The maximum Gasteiger partial charge on any atom is 0.0303 e. The quantitative estimate of drug-likeness (QED) is 0.804. The lowest BCUT2D eigenvalue weighted by atomic mass is 10.1. The van der Waals surface area contributed by atoms with Crippen LogP contribution < -0.4 is 5.73 Å². The summed E-state index contributed by atoms with van der Waals surface area (Å²) in [6.07, 6.45) is 0.975. The highest BCUT2D eigenvalue weighted by Crippen LogP contribution is 2.30. The molecule has 0 aliphatic carbocycles. The second-order valence-electron chi connectivity index (χ2n) is 4.33. The summed E-state index contributed by atoms with van der Waals surface area (Å²) in [5.74, 6) is 0.994. The third-order valence-corrected chi connectivity index (χ3v) is 4.16. The molecule has 0 fully saturated rings. The SMILES string of the molecule is CC[C@@H](N)c1ccccc1SCc1ccccc1. The van der Waals surface area contributed by atoms with E-state index < -0.39 is 0 Å². The van der Waals surface area contributed by atoms with Crippen LogP contribution in [0.4, 0.5) is 0 Å². The maximum absolute atomic E-state index is 6.15. The Morgan fingerprint density at radius 2 is 1.67 bits per heavy atom. The molecular formula is C16H19NS. The van der Waals surface area contributed by atoms with Gasteiger partial charge in [0.2, 0.25) is 0 Å². The molecule has 2 rings (SSSR count). The standard InChI is InChI=1S/C16H19NS/c1-2-15(17)14-10-6-7-11-16(14)18-12-13-8-4-3-5-9-13/h3-11,15H,2,12,17H2,1H3/t15-/m1/s1. The van der Waals surface area contributed by atoms with Gasteiger partial charge in [-0.3, -0.25) is 0 Å². The summed E-state index contributed by atoms with van der Waals surface area (Å²) < 4.78 is 0. The highest BCUT2D eigenvalue weighted by atomic mass is 32.2. The second-order valence-corrected chi connectivity index (χ2v) is 5.34. The second kappa shape index (κ2) is 6.62. The summed E-state index contributed by atoms with van der Waals surface area (Å²) in [6.45, 7) is 2.13. The topological polar surface area (TPSA) is 26.0 Å². The first-order valence-corrected chi connectivity index (χ1v) is 7.31. The van der Waals surface area contributed by atoms with Gasteiger partial charge in [-0.05, 0) is 23.6 Å². The van der Waals surface area contributed by atoms with Gasteiger partial charge in [-0.2, -0.15) is 0 Å². The third kappa shape index (κ3) is 3.37. The van der Waals surface area contributed by atoms with Crippen molar-refractivity contribution in [2.45, 2.75) is 30.0 Å². The molecule has 2 aromatic rings. The number of nitrogens with two attached hydrogens (primary N) is 1. The van der Waals surface area contributed by atoms with Crippen LogP contribution in [0.15, 0.2) is 59.5 Å². The highest BCUT2D eigenvalue weighted by molar-refractivity contribution is 7.98. The smallest absolute Gasteiger partial charge is 0.0303 e. The summed E-state index contributed by atoms with van der Waals surface area (Å²) in [5, 5.41) is 0. The first-order chi connectivity index (χ1) is 8.81. The fraction of sp³-hybridized carbons (Fsp3) is 0.250. The number of rotatable bonds is 5. The number of thioether (sulfide) groups is 1. The zero-order valence-corrected chi connectivity index (χ0v) is 11.5. The molecule has 0 unspecified atom stereocenters. The molecule has 0 aliphatic heterocycles. The minimum atomic E-state index is 0.143. The molecule has 2 heteroatoms. The van der Waals surface area contributed by atoms with Gasteiger partial charge in [0.25, 0.3) is 0 Å². The summed E-state index contributed by atoms with van der Waals surface area (Å²) in [7, 11) is 0. The monoisotopic (exact) mass is 257 g/mol. The van der Waals surface area contributed by atoms with Crippen LogP contribution in [0, 0.1) is 0 Å². The lowest BCUT2D eigenvalue weighted by Crippen LogP contribution is -2.09. The van der Waals surface area contributed by atoms with Crippen LogP contribution in [0.1, 0.15) is 30.5 Å². The Labute approximate surface area is 113 Å². The minimum Gasteiger partial charge on any atom is -0.324 e. The molecule has 18 heavy (non-hydrogen) atoms. The van der Waals surface area contributed by atoms with Gasteiger partial charge in [-0.25, -0.2) is 0 Å². The number of hydrogen-bond acceptors (Lipinski definition) is 2. The lowest BCUT2D eigenvalue weighted by Gasteiger charge is -2.14. The van der Waals surface area contributed by atoms with Crippen LogP contribution in [0.2, 0.25) is 0 Å². The summed E-state index contributed by atoms with van der Waals surface area (Å²) >= 11 is 1.86. The number of hydrogen-bond donors (Lipinski definition) is 1. The zero-order chi connectivity index (χ0) is 12.8. The van der Waals surface area contributed by atoms with Crippen LogP contribution in [0.3, 0.4) is 0 Å². The Kier molecular flexibility index (Phi) is 4.85. The van der Waals surface area contributed by atoms with Gasteiger partial charge < -0.3 is 5.73 Å². The summed E-state index contributed by atoms with van der Waals surface area (Å²) in [5.41, 5.74) is 8.76. The molecule has 1 nitrogen and oxygen atoms in total. The lowest BCUT2D eigenvalue weighted by molar-refractivity contribution is 0.685. The molecular weight excluding hydrogens is 238 g/mol. The van der Waals surface area contributed by atoms with Gasteiger partial charge in [-0.15, -0.1) is 11.8 Å². The molecule has 0 heterocycles. The molecule has 0 aliphatic rings. The normalized spacial score (nSPS) is 12.3. The molecule has 0 aromatic heterocycles. The molecule has 2 aromatic carbocycles. The van der Waals surface area contributed by atoms with Gasteiger partial charge in [0, 0.05) is 16.7 Å². The predicted molar refractivity (Wildman–Crippen MR) is 79.7 cm³/mol. The molecule has 2 N–H and O–H groups in total. The van der Waals surface area contributed by atoms with Crippen LogP contribution in [-0.4, -0.2) is 0 Å². The van der Waals surface area contributed by atoms with E-state index in [0.717, 1.165) is 12.2 Å². The Morgan fingerprint density at radius 3 is 2.39 bits per heavy atom. The Morgan fingerprint density at radius 1 is 1.00 bits per heavy atom. The van der Waals surface area contributed by atoms with Crippen molar-refractivity contribution >= 4 is 11.8 Å². The van der Waals surface area contributed by atoms with Crippen LogP contribution in [-0.2, 0) is 5.75 Å². The first-order valence-electron chi connectivity index (χ1n) is 6.32. The van der Waals surface area contributed by atoms with E-state index in [4.69, 9.17) is 5.73 Å².